The number of nitrogen functional groups attached to an aromatic ring is 1. The van der Waals surface area contributed by atoms with E-state index in [1.54, 1.807) is 6.92 Å². The van der Waals surface area contributed by atoms with E-state index in [9.17, 15) is 27.5 Å². The van der Waals surface area contributed by atoms with Gasteiger partial charge in [0.05, 0.1) is 18.8 Å². The average molecular weight is 429 g/mol. The van der Waals surface area contributed by atoms with Crippen LogP contribution in [-0.2, 0) is 6.42 Å². The average Bonchev–Trinajstić information content (AvgIpc) is 2.63. The summed E-state index contributed by atoms with van der Waals surface area (Å²) in [5, 5.41) is 10.2. The van der Waals surface area contributed by atoms with Crippen LogP contribution in [0.5, 0.6) is 17.2 Å². The van der Waals surface area contributed by atoms with Gasteiger partial charge in [-0.1, -0.05) is 0 Å². The zero-order valence-electron chi connectivity index (χ0n) is 16.6. The number of rotatable bonds is 9. The molecule has 0 aliphatic carbocycles. The van der Waals surface area contributed by atoms with Gasteiger partial charge in [0.1, 0.15) is 11.5 Å². The lowest BCUT2D eigenvalue weighted by Crippen LogP contribution is -2.11. The van der Waals surface area contributed by atoms with Gasteiger partial charge < -0.3 is 20.3 Å². The number of carbonyl (C=O) groups is 1. The molecule has 9 heteroatoms. The standard InChI is InChI=1S/C21H23F4NO4/c1-12-10-16(22)19(11-17(12)26)30-9-3-8-29-18-5-4-14(13(2)27)20(28)15(18)6-7-21(23,24)25/h4-5,10-11,28H,3,6-9,26H2,1-2H3. The molecule has 0 saturated heterocycles. The summed E-state index contributed by atoms with van der Waals surface area (Å²) in [5.74, 6) is -1.50. The number of phenols is 1. The normalized spacial score (nSPS) is 11.4. The first-order chi connectivity index (χ1) is 14.0. The third-order valence-corrected chi connectivity index (χ3v) is 4.40. The maximum Gasteiger partial charge on any atom is 0.389 e. The highest BCUT2D eigenvalue weighted by Crippen LogP contribution is 2.35. The van der Waals surface area contributed by atoms with Gasteiger partial charge >= 0.3 is 6.18 Å². The van der Waals surface area contributed by atoms with Gasteiger partial charge in [-0.3, -0.25) is 4.79 Å². The van der Waals surface area contributed by atoms with Crippen LogP contribution in [0, 0.1) is 12.7 Å². The lowest BCUT2D eigenvalue weighted by molar-refractivity contribution is -0.134. The summed E-state index contributed by atoms with van der Waals surface area (Å²) in [6.45, 7) is 2.99. The highest BCUT2D eigenvalue weighted by Gasteiger charge is 2.28. The Morgan fingerprint density at radius 1 is 1.13 bits per heavy atom. The molecule has 2 aromatic carbocycles. The van der Waals surface area contributed by atoms with Gasteiger partial charge in [-0.05, 0) is 44.0 Å². The second-order valence-electron chi connectivity index (χ2n) is 6.80. The highest BCUT2D eigenvalue weighted by atomic mass is 19.4. The smallest absolute Gasteiger partial charge is 0.389 e. The largest absolute Gasteiger partial charge is 0.507 e. The Bertz CT molecular complexity index is 913. The van der Waals surface area contributed by atoms with Crippen LogP contribution in [0.2, 0.25) is 0 Å². The molecular formula is C21H23F4NO4. The maximum atomic E-state index is 13.8. The first-order valence-corrected chi connectivity index (χ1v) is 9.23. The van der Waals surface area contributed by atoms with E-state index in [0.29, 0.717) is 17.7 Å². The van der Waals surface area contributed by atoms with Crippen LogP contribution in [-0.4, -0.2) is 30.3 Å². The Morgan fingerprint density at radius 3 is 2.37 bits per heavy atom. The van der Waals surface area contributed by atoms with Crippen molar-refractivity contribution in [3.63, 3.8) is 0 Å². The number of Topliss-reactive ketones (excluding diaryl/α,β-unsaturated/α-hetero) is 1. The Hall–Kier alpha value is -2.97. The van der Waals surface area contributed by atoms with Crippen molar-refractivity contribution in [1.82, 2.24) is 0 Å². The molecule has 0 unspecified atom stereocenters. The van der Waals surface area contributed by atoms with Crippen LogP contribution < -0.4 is 15.2 Å². The molecule has 0 aliphatic heterocycles. The fourth-order valence-corrected chi connectivity index (χ4v) is 2.75. The lowest BCUT2D eigenvalue weighted by Gasteiger charge is -2.16. The molecule has 2 rings (SSSR count). The Balaban J connectivity index is 2.01. The number of hydrogen-bond acceptors (Lipinski definition) is 5. The lowest BCUT2D eigenvalue weighted by atomic mass is 10.0. The predicted molar refractivity (Wildman–Crippen MR) is 104 cm³/mol. The van der Waals surface area contributed by atoms with Gasteiger partial charge in [-0.15, -0.1) is 0 Å². The van der Waals surface area contributed by atoms with Gasteiger partial charge in [-0.25, -0.2) is 4.39 Å². The summed E-state index contributed by atoms with van der Waals surface area (Å²) < 4.78 is 62.5. The molecule has 0 saturated carbocycles. The number of benzene rings is 2. The van der Waals surface area contributed by atoms with E-state index in [2.05, 4.69) is 0 Å². The third kappa shape index (κ3) is 6.27. The number of ketones is 1. The van der Waals surface area contributed by atoms with Crippen LogP contribution in [0.15, 0.2) is 24.3 Å². The van der Waals surface area contributed by atoms with Crippen molar-refractivity contribution in [3.8, 4) is 17.2 Å². The van der Waals surface area contributed by atoms with Crippen molar-refractivity contribution in [2.45, 2.75) is 39.3 Å². The number of halogens is 4. The predicted octanol–water partition coefficient (Wildman–Crippen LogP) is 4.97. The minimum absolute atomic E-state index is 0.00702. The number of hydrogen-bond donors (Lipinski definition) is 2. The Morgan fingerprint density at radius 2 is 1.77 bits per heavy atom. The number of phenolic OH excluding ortho intramolecular Hbond substituents is 1. The number of aryl methyl sites for hydroxylation is 1. The first-order valence-electron chi connectivity index (χ1n) is 9.23. The monoisotopic (exact) mass is 429 g/mol. The molecule has 0 heterocycles. The molecular weight excluding hydrogens is 406 g/mol. The summed E-state index contributed by atoms with van der Waals surface area (Å²) in [6.07, 6.45) is -5.84. The molecule has 2 aromatic rings. The fourth-order valence-electron chi connectivity index (χ4n) is 2.75. The van der Waals surface area contributed by atoms with Crippen LogP contribution in [0.3, 0.4) is 0 Å². The number of aromatic hydroxyl groups is 1. The SMILES string of the molecule is CC(=O)c1ccc(OCCCOc2cc(N)c(C)cc2F)c(CCC(F)(F)F)c1O. The Kier molecular flexibility index (Phi) is 7.53. The summed E-state index contributed by atoms with van der Waals surface area (Å²) in [7, 11) is 0. The molecule has 0 fully saturated rings. The molecule has 5 nitrogen and oxygen atoms in total. The van der Waals surface area contributed by atoms with Crippen molar-refractivity contribution in [2.24, 2.45) is 0 Å². The summed E-state index contributed by atoms with van der Waals surface area (Å²) in [4.78, 5) is 11.6. The molecule has 0 radical (unpaired) electrons. The highest BCUT2D eigenvalue weighted by molar-refractivity contribution is 5.97. The molecule has 0 aliphatic rings. The van der Waals surface area contributed by atoms with Gasteiger partial charge in [0, 0.05) is 30.2 Å². The van der Waals surface area contributed by atoms with Gasteiger partial charge in [0.2, 0.25) is 0 Å². The minimum atomic E-state index is -4.43. The van der Waals surface area contributed by atoms with E-state index in [-0.39, 0.29) is 35.8 Å². The quantitative estimate of drug-likeness (QED) is 0.255. The van der Waals surface area contributed by atoms with E-state index in [4.69, 9.17) is 15.2 Å². The van der Waals surface area contributed by atoms with Crippen molar-refractivity contribution in [2.75, 3.05) is 18.9 Å². The maximum absolute atomic E-state index is 13.8. The van der Waals surface area contributed by atoms with Crippen LogP contribution in [0.4, 0.5) is 23.2 Å². The fraction of sp³-hybridized carbons (Fsp3) is 0.381. The van der Waals surface area contributed by atoms with Crippen LogP contribution in [0.25, 0.3) is 0 Å². The summed E-state index contributed by atoms with van der Waals surface area (Å²) >= 11 is 0. The number of carbonyl (C=O) groups excluding carboxylic acids is 1. The first kappa shape index (κ1) is 23.3. The summed E-state index contributed by atoms with van der Waals surface area (Å²) in [5.41, 5.74) is 6.53. The van der Waals surface area contributed by atoms with E-state index in [0.717, 1.165) is 0 Å². The molecule has 0 bridgehead atoms. The topological polar surface area (TPSA) is 81.8 Å². The van der Waals surface area contributed by atoms with Gasteiger partial charge in [0.25, 0.3) is 0 Å². The molecule has 0 spiro atoms. The molecule has 164 valence electrons. The van der Waals surface area contributed by atoms with E-state index < -0.39 is 36.4 Å². The second kappa shape index (κ2) is 9.69. The number of ether oxygens (including phenoxy) is 2. The van der Waals surface area contributed by atoms with Crippen molar-refractivity contribution in [3.05, 3.63) is 46.8 Å². The van der Waals surface area contributed by atoms with Crippen molar-refractivity contribution in [1.29, 1.82) is 0 Å². The zero-order valence-corrected chi connectivity index (χ0v) is 16.6. The Labute approximate surface area is 171 Å². The van der Waals surface area contributed by atoms with Crippen molar-refractivity contribution < 1.29 is 36.9 Å². The van der Waals surface area contributed by atoms with Crippen LogP contribution >= 0.6 is 0 Å². The number of alkyl halides is 3. The molecule has 0 atom stereocenters. The molecule has 30 heavy (non-hydrogen) atoms. The number of anilines is 1. The van der Waals surface area contributed by atoms with E-state index in [1.165, 1.54) is 31.2 Å². The van der Waals surface area contributed by atoms with E-state index in [1.807, 2.05) is 0 Å². The van der Waals surface area contributed by atoms with Gasteiger partial charge in [0.15, 0.2) is 17.3 Å². The third-order valence-electron chi connectivity index (χ3n) is 4.40. The molecule has 3 N–H and O–H groups in total. The summed E-state index contributed by atoms with van der Waals surface area (Å²) in [6, 6.07) is 5.28. The molecule has 0 aromatic heterocycles. The van der Waals surface area contributed by atoms with Gasteiger partial charge in [-0.2, -0.15) is 13.2 Å². The zero-order chi connectivity index (χ0) is 22.5. The second-order valence-corrected chi connectivity index (χ2v) is 6.80. The van der Waals surface area contributed by atoms with E-state index >= 15 is 0 Å². The molecule has 0 amide bonds. The minimum Gasteiger partial charge on any atom is -0.507 e. The number of nitrogens with two attached hydrogens (primary N) is 1. The van der Waals surface area contributed by atoms with Crippen molar-refractivity contribution >= 4 is 11.5 Å². The van der Waals surface area contributed by atoms with Crippen LogP contribution in [0.1, 0.15) is 41.3 Å².